The second-order valence-electron chi connectivity index (χ2n) is 4.46. The van der Waals surface area contributed by atoms with Crippen LogP contribution in [0.15, 0.2) is 28.7 Å². The number of hydrogen-bond donors (Lipinski definition) is 1. The Kier molecular flexibility index (Phi) is 5.33. The quantitative estimate of drug-likeness (QED) is 0.844. The van der Waals surface area contributed by atoms with Crippen molar-refractivity contribution in [2.45, 2.75) is 13.2 Å². The smallest absolute Gasteiger partial charge is 0.347 e. The van der Waals surface area contributed by atoms with Crippen molar-refractivity contribution in [3.63, 3.8) is 0 Å². The maximum absolute atomic E-state index is 11.2. The number of carbonyl (C=O) groups is 1. The predicted molar refractivity (Wildman–Crippen MR) is 86.0 cm³/mol. The Hall–Kier alpha value is -1.44. The van der Waals surface area contributed by atoms with Gasteiger partial charge in [0.2, 0.25) is 0 Å². The molecule has 0 radical (unpaired) electrons. The van der Waals surface area contributed by atoms with Gasteiger partial charge in [0.15, 0.2) is 5.13 Å². The van der Waals surface area contributed by atoms with E-state index in [2.05, 4.69) is 20.9 Å². The number of rotatable bonds is 6. The molecule has 2 rings (SSSR count). The lowest BCUT2D eigenvalue weighted by Gasteiger charge is -2.16. The number of carboxylic acid groups (broad SMARTS) is 1. The van der Waals surface area contributed by atoms with Crippen LogP contribution >= 0.6 is 27.3 Å². The normalized spacial score (nSPS) is 10.6. The standard InChI is InChI=1S/C14H15BrN2O3S/c1-17(7-9-5-3-4-6-10(9)15)14-16-11(8-20-2)12(21-14)13(18)19/h3-6H,7-8H2,1-2H3,(H,18,19). The van der Waals surface area contributed by atoms with Crippen LogP contribution in [0.2, 0.25) is 0 Å². The van der Waals surface area contributed by atoms with E-state index in [0.717, 1.165) is 21.4 Å². The molecule has 0 aliphatic rings. The van der Waals surface area contributed by atoms with Crippen LogP contribution in [0.4, 0.5) is 5.13 Å². The molecule has 0 atom stereocenters. The van der Waals surface area contributed by atoms with Crippen molar-refractivity contribution in [1.29, 1.82) is 0 Å². The van der Waals surface area contributed by atoms with Crippen molar-refractivity contribution in [1.82, 2.24) is 4.98 Å². The van der Waals surface area contributed by atoms with Gasteiger partial charge in [0.1, 0.15) is 4.88 Å². The van der Waals surface area contributed by atoms with Crippen LogP contribution < -0.4 is 4.90 Å². The lowest BCUT2D eigenvalue weighted by atomic mass is 10.2. The summed E-state index contributed by atoms with van der Waals surface area (Å²) < 4.78 is 6.02. The van der Waals surface area contributed by atoms with E-state index in [1.807, 2.05) is 36.2 Å². The zero-order valence-electron chi connectivity index (χ0n) is 11.7. The molecule has 2 aromatic rings. The van der Waals surface area contributed by atoms with Crippen LogP contribution in [-0.4, -0.2) is 30.2 Å². The van der Waals surface area contributed by atoms with Crippen molar-refractivity contribution < 1.29 is 14.6 Å². The number of carboxylic acids is 1. The third kappa shape index (κ3) is 3.81. The zero-order valence-corrected chi connectivity index (χ0v) is 14.1. The first kappa shape index (κ1) is 15.9. The van der Waals surface area contributed by atoms with Crippen LogP contribution in [0.25, 0.3) is 0 Å². The Labute approximate surface area is 135 Å². The van der Waals surface area contributed by atoms with Gasteiger partial charge in [-0.1, -0.05) is 45.5 Å². The molecule has 0 aliphatic heterocycles. The van der Waals surface area contributed by atoms with Crippen molar-refractivity contribution >= 4 is 38.4 Å². The maximum Gasteiger partial charge on any atom is 0.347 e. The second-order valence-corrected chi connectivity index (χ2v) is 6.29. The van der Waals surface area contributed by atoms with E-state index in [4.69, 9.17) is 4.74 Å². The summed E-state index contributed by atoms with van der Waals surface area (Å²) in [4.78, 5) is 17.8. The number of nitrogens with zero attached hydrogens (tertiary/aromatic N) is 2. The molecule has 0 amide bonds. The minimum absolute atomic E-state index is 0.195. The number of thiazole rings is 1. The second kappa shape index (κ2) is 7.02. The fraction of sp³-hybridized carbons (Fsp3) is 0.286. The van der Waals surface area contributed by atoms with E-state index >= 15 is 0 Å². The third-order valence-electron chi connectivity index (χ3n) is 2.85. The van der Waals surface area contributed by atoms with Gasteiger partial charge in [-0.3, -0.25) is 0 Å². The molecular weight excluding hydrogens is 356 g/mol. The molecule has 0 saturated carbocycles. The largest absolute Gasteiger partial charge is 0.477 e. The first-order valence-corrected chi connectivity index (χ1v) is 7.80. The molecule has 0 saturated heterocycles. The average molecular weight is 371 g/mol. The Morgan fingerprint density at radius 1 is 1.48 bits per heavy atom. The summed E-state index contributed by atoms with van der Waals surface area (Å²) in [5.41, 5.74) is 1.57. The molecule has 21 heavy (non-hydrogen) atoms. The van der Waals surface area contributed by atoms with Gasteiger partial charge in [-0.25, -0.2) is 9.78 Å². The zero-order chi connectivity index (χ0) is 15.4. The number of hydrogen-bond acceptors (Lipinski definition) is 5. The number of ether oxygens (including phenoxy) is 1. The van der Waals surface area contributed by atoms with Crippen molar-refractivity contribution in [2.24, 2.45) is 0 Å². The van der Waals surface area contributed by atoms with Crippen molar-refractivity contribution in [3.05, 3.63) is 44.9 Å². The third-order valence-corrected chi connectivity index (χ3v) is 4.83. The minimum Gasteiger partial charge on any atom is -0.477 e. The molecule has 1 aromatic heterocycles. The lowest BCUT2D eigenvalue weighted by molar-refractivity contribution is 0.0697. The van der Waals surface area contributed by atoms with Gasteiger partial charge in [0.05, 0.1) is 12.3 Å². The van der Waals surface area contributed by atoms with Gasteiger partial charge in [0, 0.05) is 25.2 Å². The van der Waals surface area contributed by atoms with Crippen LogP contribution in [-0.2, 0) is 17.9 Å². The first-order chi connectivity index (χ1) is 10.0. The molecule has 1 aromatic carbocycles. The molecule has 1 N–H and O–H groups in total. The Bertz CT molecular complexity index is 645. The Balaban J connectivity index is 2.23. The van der Waals surface area contributed by atoms with Gasteiger partial charge in [-0.15, -0.1) is 0 Å². The number of benzene rings is 1. The van der Waals surface area contributed by atoms with E-state index < -0.39 is 5.97 Å². The molecule has 7 heteroatoms. The molecule has 112 valence electrons. The molecule has 0 unspecified atom stereocenters. The van der Waals surface area contributed by atoms with Crippen LogP contribution in [0, 0.1) is 0 Å². The highest BCUT2D eigenvalue weighted by atomic mass is 79.9. The fourth-order valence-corrected chi connectivity index (χ4v) is 3.13. The van der Waals surface area contributed by atoms with Gasteiger partial charge in [0.25, 0.3) is 0 Å². The monoisotopic (exact) mass is 370 g/mol. The van der Waals surface area contributed by atoms with E-state index in [-0.39, 0.29) is 11.5 Å². The fourth-order valence-electron chi connectivity index (χ4n) is 1.85. The van der Waals surface area contributed by atoms with Gasteiger partial charge >= 0.3 is 5.97 Å². The Morgan fingerprint density at radius 2 is 2.19 bits per heavy atom. The summed E-state index contributed by atoms with van der Waals surface area (Å²) >= 11 is 4.67. The van der Waals surface area contributed by atoms with E-state index in [9.17, 15) is 9.90 Å². The summed E-state index contributed by atoms with van der Waals surface area (Å²) in [6, 6.07) is 7.91. The maximum atomic E-state index is 11.2. The van der Waals surface area contributed by atoms with Crippen molar-refractivity contribution in [2.75, 3.05) is 19.1 Å². The Morgan fingerprint density at radius 3 is 2.81 bits per heavy atom. The molecule has 5 nitrogen and oxygen atoms in total. The number of aromatic nitrogens is 1. The van der Waals surface area contributed by atoms with Crippen LogP contribution in [0.3, 0.4) is 0 Å². The molecule has 0 bridgehead atoms. The summed E-state index contributed by atoms with van der Waals surface area (Å²) in [7, 11) is 3.41. The SMILES string of the molecule is COCc1nc(N(C)Cc2ccccc2Br)sc1C(=O)O. The predicted octanol–water partition coefficient (Wildman–Crippen LogP) is 3.39. The van der Waals surface area contributed by atoms with E-state index in [1.165, 1.54) is 7.11 Å². The van der Waals surface area contributed by atoms with E-state index in [1.54, 1.807) is 0 Å². The van der Waals surface area contributed by atoms with E-state index in [0.29, 0.717) is 17.4 Å². The first-order valence-electron chi connectivity index (χ1n) is 6.19. The molecule has 0 fully saturated rings. The van der Waals surface area contributed by atoms with Gasteiger partial charge in [-0.05, 0) is 11.6 Å². The highest BCUT2D eigenvalue weighted by molar-refractivity contribution is 9.10. The van der Waals surface area contributed by atoms with Crippen LogP contribution in [0.1, 0.15) is 20.9 Å². The van der Waals surface area contributed by atoms with Gasteiger partial charge in [-0.2, -0.15) is 0 Å². The topological polar surface area (TPSA) is 62.7 Å². The highest BCUT2D eigenvalue weighted by Crippen LogP contribution is 2.28. The van der Waals surface area contributed by atoms with Crippen LogP contribution in [0.5, 0.6) is 0 Å². The lowest BCUT2D eigenvalue weighted by Crippen LogP contribution is -2.16. The highest BCUT2D eigenvalue weighted by Gasteiger charge is 2.19. The number of methoxy groups -OCH3 is 1. The minimum atomic E-state index is -0.972. The number of anilines is 1. The number of halogens is 1. The summed E-state index contributed by atoms with van der Waals surface area (Å²) in [6.45, 7) is 0.835. The van der Waals surface area contributed by atoms with Gasteiger partial charge < -0.3 is 14.7 Å². The van der Waals surface area contributed by atoms with Crippen molar-refractivity contribution in [3.8, 4) is 0 Å². The summed E-state index contributed by atoms with van der Waals surface area (Å²) in [6.07, 6.45) is 0. The molecule has 0 spiro atoms. The molecule has 0 aliphatic carbocycles. The molecular formula is C14H15BrN2O3S. The average Bonchev–Trinajstić information content (AvgIpc) is 2.86. The summed E-state index contributed by atoms with van der Waals surface area (Å²) in [5, 5.41) is 9.87. The molecule has 1 heterocycles. The summed E-state index contributed by atoms with van der Waals surface area (Å²) in [5.74, 6) is -0.972. The number of aromatic carboxylic acids is 1.